The van der Waals surface area contributed by atoms with E-state index in [9.17, 15) is 0 Å². The average Bonchev–Trinajstić information content (AvgIpc) is 2.92. The van der Waals surface area contributed by atoms with Gasteiger partial charge in [-0.3, -0.25) is 0 Å². The first-order chi connectivity index (χ1) is 6.31. The predicted octanol–water partition coefficient (Wildman–Crippen LogP) is 1.62. The van der Waals surface area contributed by atoms with E-state index in [2.05, 4.69) is 25.9 Å². The Balaban J connectivity index is 2.25. The Morgan fingerprint density at radius 3 is 2.92 bits per heavy atom. The quantitative estimate of drug-likeness (QED) is 0.876. The molecule has 0 aromatic carbocycles. The van der Waals surface area contributed by atoms with Gasteiger partial charge in [0.25, 0.3) is 0 Å². The monoisotopic (exact) mass is 241 g/mol. The molecule has 1 aliphatic carbocycles. The zero-order chi connectivity index (χ0) is 9.26. The molecule has 2 rings (SSSR count). The molecule has 1 aromatic rings. The Morgan fingerprint density at radius 2 is 2.31 bits per heavy atom. The van der Waals surface area contributed by atoms with E-state index in [4.69, 9.17) is 5.73 Å². The summed E-state index contributed by atoms with van der Waals surface area (Å²) in [7, 11) is 0. The van der Waals surface area contributed by atoms with Crippen LogP contribution in [0.25, 0.3) is 0 Å². The summed E-state index contributed by atoms with van der Waals surface area (Å²) in [6.45, 7) is 0.639. The van der Waals surface area contributed by atoms with E-state index in [0.717, 1.165) is 22.4 Å². The van der Waals surface area contributed by atoms with E-state index in [1.807, 2.05) is 6.20 Å². The van der Waals surface area contributed by atoms with Crippen molar-refractivity contribution in [1.29, 1.82) is 0 Å². The molecular weight excluding hydrogens is 230 g/mol. The maximum atomic E-state index is 5.49. The summed E-state index contributed by atoms with van der Waals surface area (Å²) >= 11 is 3.42. The molecule has 0 saturated heterocycles. The molecule has 70 valence electrons. The Hall–Kier alpha value is -0.480. The van der Waals surface area contributed by atoms with Crippen molar-refractivity contribution in [2.75, 3.05) is 6.54 Å². The third-order valence-corrected chi connectivity index (χ3v) is 2.82. The van der Waals surface area contributed by atoms with Crippen molar-refractivity contribution in [3.8, 4) is 0 Å². The zero-order valence-corrected chi connectivity index (χ0v) is 8.92. The third kappa shape index (κ3) is 2.06. The first-order valence-electron chi connectivity index (χ1n) is 4.52. The van der Waals surface area contributed by atoms with Crippen molar-refractivity contribution < 1.29 is 0 Å². The highest BCUT2D eigenvalue weighted by atomic mass is 79.9. The predicted molar refractivity (Wildman–Crippen MR) is 54.5 cm³/mol. The zero-order valence-electron chi connectivity index (χ0n) is 7.33. The highest BCUT2D eigenvalue weighted by molar-refractivity contribution is 9.10. The van der Waals surface area contributed by atoms with E-state index in [1.54, 1.807) is 0 Å². The van der Waals surface area contributed by atoms with Gasteiger partial charge in [0, 0.05) is 18.5 Å². The molecule has 13 heavy (non-hydrogen) atoms. The lowest BCUT2D eigenvalue weighted by Gasteiger charge is -2.03. The Labute approximate surface area is 85.9 Å². The molecule has 0 bridgehead atoms. The van der Waals surface area contributed by atoms with Crippen LogP contribution in [-0.2, 0) is 6.42 Å². The number of hydrogen-bond donors (Lipinski definition) is 1. The number of nitrogens with zero attached hydrogens (tertiary/aromatic N) is 2. The minimum Gasteiger partial charge on any atom is -0.330 e. The molecule has 0 unspecified atom stereocenters. The molecule has 0 radical (unpaired) electrons. The molecule has 1 aliphatic rings. The molecule has 1 saturated carbocycles. The number of nitrogens with two attached hydrogens (primary N) is 1. The summed E-state index contributed by atoms with van der Waals surface area (Å²) in [5.41, 5.74) is 6.53. The lowest BCUT2D eigenvalue weighted by Crippen LogP contribution is -2.07. The number of rotatable bonds is 3. The Kier molecular flexibility index (Phi) is 2.60. The van der Waals surface area contributed by atoms with E-state index >= 15 is 0 Å². The molecule has 0 atom stereocenters. The molecule has 0 aliphatic heterocycles. The molecule has 3 nitrogen and oxygen atoms in total. The van der Waals surface area contributed by atoms with E-state index in [0.29, 0.717) is 12.5 Å². The van der Waals surface area contributed by atoms with Gasteiger partial charge in [-0.15, -0.1) is 0 Å². The molecule has 1 heterocycles. The standard InChI is InChI=1S/C9H12BrN3/c10-7-5-12-9(6-1-2-6)13-8(7)3-4-11/h5-6H,1-4,11H2. The number of hydrogen-bond acceptors (Lipinski definition) is 3. The summed E-state index contributed by atoms with van der Waals surface area (Å²) in [4.78, 5) is 8.77. The maximum absolute atomic E-state index is 5.49. The smallest absolute Gasteiger partial charge is 0.131 e. The van der Waals surface area contributed by atoms with E-state index in [-0.39, 0.29) is 0 Å². The van der Waals surface area contributed by atoms with Crippen LogP contribution in [0.2, 0.25) is 0 Å². The molecule has 1 fully saturated rings. The first-order valence-corrected chi connectivity index (χ1v) is 5.32. The second-order valence-corrected chi connectivity index (χ2v) is 4.19. The normalized spacial score (nSPS) is 16.2. The molecule has 0 amide bonds. The largest absolute Gasteiger partial charge is 0.330 e. The second kappa shape index (κ2) is 3.72. The summed E-state index contributed by atoms with van der Waals surface area (Å²) in [5.74, 6) is 1.61. The van der Waals surface area contributed by atoms with Crippen LogP contribution in [0.3, 0.4) is 0 Å². The fourth-order valence-corrected chi connectivity index (χ4v) is 1.66. The van der Waals surface area contributed by atoms with Gasteiger partial charge in [-0.2, -0.15) is 0 Å². The minimum atomic E-state index is 0.615. The molecule has 4 heteroatoms. The van der Waals surface area contributed by atoms with Gasteiger partial charge in [0.05, 0.1) is 10.2 Å². The fourth-order valence-electron chi connectivity index (χ4n) is 1.27. The SMILES string of the molecule is NCCc1nc(C2CC2)ncc1Br. The van der Waals surface area contributed by atoms with Crippen LogP contribution in [0.15, 0.2) is 10.7 Å². The fraction of sp³-hybridized carbons (Fsp3) is 0.556. The Morgan fingerprint density at radius 1 is 1.54 bits per heavy atom. The summed E-state index contributed by atoms with van der Waals surface area (Å²) in [6, 6.07) is 0. The maximum Gasteiger partial charge on any atom is 0.131 e. The van der Waals surface area contributed by atoms with Crippen LogP contribution in [0.1, 0.15) is 30.3 Å². The second-order valence-electron chi connectivity index (χ2n) is 3.34. The highest BCUT2D eigenvalue weighted by Gasteiger charge is 2.26. The van der Waals surface area contributed by atoms with Crippen LogP contribution in [0.5, 0.6) is 0 Å². The van der Waals surface area contributed by atoms with Crippen LogP contribution < -0.4 is 5.73 Å². The molecule has 2 N–H and O–H groups in total. The number of aromatic nitrogens is 2. The van der Waals surface area contributed by atoms with Gasteiger partial charge in [-0.05, 0) is 35.3 Å². The van der Waals surface area contributed by atoms with Crippen LogP contribution in [0.4, 0.5) is 0 Å². The molecular formula is C9H12BrN3. The Bertz CT molecular complexity index is 310. The summed E-state index contributed by atoms with van der Waals surface area (Å²) in [6.07, 6.45) is 5.14. The van der Waals surface area contributed by atoms with Crippen molar-refractivity contribution in [3.05, 3.63) is 22.2 Å². The van der Waals surface area contributed by atoms with Crippen LogP contribution >= 0.6 is 15.9 Å². The molecule has 0 spiro atoms. The minimum absolute atomic E-state index is 0.615. The van der Waals surface area contributed by atoms with Gasteiger partial charge in [-0.25, -0.2) is 9.97 Å². The van der Waals surface area contributed by atoms with Gasteiger partial charge in [0.2, 0.25) is 0 Å². The average molecular weight is 242 g/mol. The van der Waals surface area contributed by atoms with Gasteiger partial charge in [0.15, 0.2) is 0 Å². The summed E-state index contributed by atoms with van der Waals surface area (Å²) < 4.78 is 0.974. The lowest BCUT2D eigenvalue weighted by atomic mass is 10.3. The van der Waals surface area contributed by atoms with Crippen molar-refractivity contribution >= 4 is 15.9 Å². The highest BCUT2D eigenvalue weighted by Crippen LogP contribution is 2.38. The number of halogens is 1. The summed E-state index contributed by atoms with van der Waals surface area (Å²) in [5, 5.41) is 0. The molecule has 1 aromatic heterocycles. The topological polar surface area (TPSA) is 51.8 Å². The van der Waals surface area contributed by atoms with Crippen molar-refractivity contribution in [1.82, 2.24) is 9.97 Å². The first kappa shape index (κ1) is 9.09. The van der Waals surface area contributed by atoms with Gasteiger partial charge >= 0.3 is 0 Å². The van der Waals surface area contributed by atoms with Crippen molar-refractivity contribution in [2.45, 2.75) is 25.2 Å². The van der Waals surface area contributed by atoms with Gasteiger partial charge in [0.1, 0.15) is 5.82 Å². The van der Waals surface area contributed by atoms with Crippen molar-refractivity contribution in [3.63, 3.8) is 0 Å². The van der Waals surface area contributed by atoms with Gasteiger partial charge in [-0.1, -0.05) is 0 Å². The third-order valence-electron chi connectivity index (χ3n) is 2.16. The van der Waals surface area contributed by atoms with Gasteiger partial charge < -0.3 is 5.73 Å². The van der Waals surface area contributed by atoms with Crippen LogP contribution in [-0.4, -0.2) is 16.5 Å². The van der Waals surface area contributed by atoms with E-state index in [1.165, 1.54) is 12.8 Å². The van der Waals surface area contributed by atoms with E-state index < -0.39 is 0 Å². The lowest BCUT2D eigenvalue weighted by molar-refractivity contribution is 0.841. The van der Waals surface area contributed by atoms with Crippen LogP contribution in [0, 0.1) is 0 Å². The van der Waals surface area contributed by atoms with Crippen molar-refractivity contribution in [2.24, 2.45) is 5.73 Å².